The Bertz CT molecular complexity index is 837. The summed E-state index contributed by atoms with van der Waals surface area (Å²) in [5, 5.41) is 12.3. The van der Waals surface area contributed by atoms with Crippen LogP contribution >= 0.6 is 0 Å². The van der Waals surface area contributed by atoms with E-state index in [1.54, 1.807) is 7.11 Å². The quantitative estimate of drug-likeness (QED) is 0.574. The van der Waals surface area contributed by atoms with Crippen LogP contribution in [0.3, 0.4) is 0 Å². The fraction of sp³-hybridized carbons (Fsp3) is 0.222. The number of fused-ring (bicyclic) bond motifs is 1. The molecule has 5 nitrogen and oxygen atoms in total. The van der Waals surface area contributed by atoms with Crippen LogP contribution in [0.1, 0.15) is 22.6 Å². The van der Waals surface area contributed by atoms with E-state index in [-0.39, 0.29) is 17.4 Å². The topological polar surface area (TPSA) is 68.2 Å². The number of nitrogens with one attached hydrogen (secondary N) is 1. The average molecular weight is 310 g/mol. The van der Waals surface area contributed by atoms with Crippen LogP contribution in [0.15, 0.2) is 48.7 Å². The third-order valence-corrected chi connectivity index (χ3v) is 4.17. The molecule has 3 aromatic rings. The van der Waals surface area contributed by atoms with E-state index in [4.69, 9.17) is 4.74 Å². The number of rotatable bonds is 5. The van der Waals surface area contributed by atoms with E-state index in [0.717, 1.165) is 33.3 Å². The normalized spacial score (nSPS) is 12.3. The molecule has 1 unspecified atom stereocenters. The maximum atomic E-state index is 11.2. The third-order valence-electron chi connectivity index (χ3n) is 4.17. The minimum absolute atomic E-state index is 0.145. The van der Waals surface area contributed by atoms with Crippen molar-refractivity contribution in [2.45, 2.75) is 12.8 Å². The van der Waals surface area contributed by atoms with Crippen molar-refractivity contribution in [1.29, 1.82) is 0 Å². The Hall–Kier alpha value is -2.82. The first-order valence-electron chi connectivity index (χ1n) is 7.42. The lowest BCUT2D eigenvalue weighted by atomic mass is 9.90. The molecule has 0 aliphatic carbocycles. The summed E-state index contributed by atoms with van der Waals surface area (Å²) in [4.78, 5) is 14.2. The van der Waals surface area contributed by atoms with Crippen molar-refractivity contribution < 1.29 is 9.66 Å². The van der Waals surface area contributed by atoms with Crippen molar-refractivity contribution in [3.63, 3.8) is 0 Å². The molecule has 0 spiro atoms. The highest BCUT2D eigenvalue weighted by atomic mass is 16.6. The molecule has 2 aromatic carbocycles. The average Bonchev–Trinajstić information content (AvgIpc) is 2.98. The first-order valence-corrected chi connectivity index (χ1v) is 7.42. The van der Waals surface area contributed by atoms with E-state index in [2.05, 4.69) is 4.98 Å². The van der Waals surface area contributed by atoms with Crippen LogP contribution in [-0.2, 0) is 0 Å². The minimum Gasteiger partial charge on any atom is -0.497 e. The van der Waals surface area contributed by atoms with Gasteiger partial charge in [-0.2, -0.15) is 0 Å². The van der Waals surface area contributed by atoms with Crippen molar-refractivity contribution in [1.82, 2.24) is 4.98 Å². The molecule has 1 atom stereocenters. The Morgan fingerprint density at radius 1 is 1.22 bits per heavy atom. The second-order valence-corrected chi connectivity index (χ2v) is 5.58. The second-order valence-electron chi connectivity index (χ2n) is 5.58. The summed E-state index contributed by atoms with van der Waals surface area (Å²) >= 11 is 0. The summed E-state index contributed by atoms with van der Waals surface area (Å²) in [6.45, 7) is 1.88. The summed E-state index contributed by atoms with van der Waals surface area (Å²) in [5.41, 5.74) is 3.98. The van der Waals surface area contributed by atoms with Crippen LogP contribution in [0.5, 0.6) is 5.75 Å². The van der Waals surface area contributed by atoms with Crippen LogP contribution in [0.4, 0.5) is 0 Å². The zero-order valence-corrected chi connectivity index (χ0v) is 13.1. The number of hydrogen-bond acceptors (Lipinski definition) is 3. The van der Waals surface area contributed by atoms with Gasteiger partial charge in [-0.1, -0.05) is 24.3 Å². The molecule has 0 amide bonds. The SMILES string of the molecule is COc1ccc(C(C[N+](=O)[O-])c2c[nH]c3cccc(C)c23)cc1. The van der Waals surface area contributed by atoms with Crippen LogP contribution in [0.2, 0.25) is 0 Å². The molecule has 0 aliphatic heterocycles. The van der Waals surface area contributed by atoms with Gasteiger partial charge >= 0.3 is 0 Å². The predicted octanol–water partition coefficient (Wildman–Crippen LogP) is 3.89. The first kappa shape index (κ1) is 15.1. The van der Waals surface area contributed by atoms with E-state index in [1.165, 1.54) is 0 Å². The largest absolute Gasteiger partial charge is 0.497 e. The number of H-pyrrole nitrogens is 1. The van der Waals surface area contributed by atoms with Crippen LogP contribution in [-0.4, -0.2) is 23.6 Å². The van der Waals surface area contributed by atoms with Gasteiger partial charge < -0.3 is 9.72 Å². The lowest BCUT2D eigenvalue weighted by Crippen LogP contribution is -2.13. The highest BCUT2D eigenvalue weighted by Gasteiger charge is 2.24. The number of methoxy groups -OCH3 is 1. The molecule has 0 radical (unpaired) electrons. The van der Waals surface area contributed by atoms with Gasteiger partial charge in [0.1, 0.15) is 5.75 Å². The molecule has 1 heterocycles. The molecular formula is C18H18N2O3. The number of nitro groups is 1. The Morgan fingerprint density at radius 2 is 1.96 bits per heavy atom. The molecule has 0 bridgehead atoms. The van der Waals surface area contributed by atoms with Crippen LogP contribution in [0, 0.1) is 17.0 Å². The van der Waals surface area contributed by atoms with E-state index in [0.29, 0.717) is 0 Å². The molecule has 5 heteroatoms. The summed E-state index contributed by atoms with van der Waals surface area (Å²) in [6, 6.07) is 13.5. The maximum Gasteiger partial charge on any atom is 0.214 e. The molecular weight excluding hydrogens is 292 g/mol. The lowest BCUT2D eigenvalue weighted by Gasteiger charge is -2.14. The van der Waals surface area contributed by atoms with Gasteiger partial charge in [0, 0.05) is 22.0 Å². The number of hydrogen-bond donors (Lipinski definition) is 1. The zero-order chi connectivity index (χ0) is 16.4. The van der Waals surface area contributed by atoms with Crippen molar-refractivity contribution in [3.8, 4) is 5.75 Å². The number of aromatic amines is 1. The molecule has 1 N–H and O–H groups in total. The standard InChI is InChI=1S/C18H18N2O3/c1-12-4-3-5-17-18(12)15(10-19-17)16(11-20(21)22)13-6-8-14(23-2)9-7-13/h3-10,16,19H,11H2,1-2H3. The summed E-state index contributed by atoms with van der Waals surface area (Å²) in [6.07, 6.45) is 1.88. The first-order chi connectivity index (χ1) is 11.1. The molecule has 0 aliphatic rings. The van der Waals surface area contributed by atoms with Gasteiger partial charge in [-0.3, -0.25) is 10.1 Å². The Labute approximate surface area is 134 Å². The van der Waals surface area contributed by atoms with E-state index < -0.39 is 0 Å². The fourth-order valence-corrected chi connectivity index (χ4v) is 3.04. The molecule has 1 aromatic heterocycles. The second kappa shape index (κ2) is 6.12. The van der Waals surface area contributed by atoms with Crippen LogP contribution < -0.4 is 4.74 Å². The van der Waals surface area contributed by atoms with E-state index in [9.17, 15) is 10.1 Å². The molecule has 3 rings (SSSR count). The number of aryl methyl sites for hydroxylation is 1. The van der Waals surface area contributed by atoms with Gasteiger partial charge in [0.15, 0.2) is 0 Å². The van der Waals surface area contributed by atoms with Crippen LogP contribution in [0.25, 0.3) is 10.9 Å². The molecule has 118 valence electrons. The Balaban J connectivity index is 2.12. The van der Waals surface area contributed by atoms with Gasteiger partial charge in [0.2, 0.25) is 6.54 Å². The van der Waals surface area contributed by atoms with Crippen molar-refractivity contribution in [2.24, 2.45) is 0 Å². The zero-order valence-electron chi connectivity index (χ0n) is 13.1. The van der Waals surface area contributed by atoms with Crippen molar-refractivity contribution >= 4 is 10.9 Å². The number of benzene rings is 2. The predicted molar refractivity (Wildman–Crippen MR) is 89.7 cm³/mol. The number of aromatic nitrogens is 1. The summed E-state index contributed by atoms with van der Waals surface area (Å²) < 4.78 is 5.17. The molecule has 0 saturated heterocycles. The lowest BCUT2D eigenvalue weighted by molar-refractivity contribution is -0.481. The fourth-order valence-electron chi connectivity index (χ4n) is 3.04. The van der Waals surface area contributed by atoms with E-state index >= 15 is 0 Å². The van der Waals surface area contributed by atoms with Gasteiger partial charge in [-0.25, -0.2) is 0 Å². The molecule has 23 heavy (non-hydrogen) atoms. The Morgan fingerprint density at radius 3 is 2.61 bits per heavy atom. The van der Waals surface area contributed by atoms with Crippen molar-refractivity contribution in [2.75, 3.05) is 13.7 Å². The van der Waals surface area contributed by atoms with E-state index in [1.807, 2.05) is 55.6 Å². The third kappa shape index (κ3) is 2.90. The summed E-state index contributed by atoms with van der Waals surface area (Å²) in [7, 11) is 1.60. The highest BCUT2D eigenvalue weighted by molar-refractivity contribution is 5.87. The van der Waals surface area contributed by atoms with Crippen molar-refractivity contribution in [3.05, 3.63) is 75.5 Å². The Kier molecular flexibility index (Phi) is 4.02. The number of ether oxygens (including phenoxy) is 1. The number of nitrogens with zero attached hydrogens (tertiary/aromatic N) is 1. The summed E-state index contributed by atoms with van der Waals surface area (Å²) in [5.74, 6) is 0.439. The minimum atomic E-state index is -0.300. The molecule has 0 fully saturated rings. The monoisotopic (exact) mass is 310 g/mol. The smallest absolute Gasteiger partial charge is 0.214 e. The highest BCUT2D eigenvalue weighted by Crippen LogP contribution is 2.33. The molecule has 0 saturated carbocycles. The van der Waals surface area contributed by atoms with Gasteiger partial charge in [-0.15, -0.1) is 0 Å². The maximum absolute atomic E-state index is 11.2. The van der Waals surface area contributed by atoms with Gasteiger partial charge in [0.25, 0.3) is 0 Å². The van der Waals surface area contributed by atoms with Gasteiger partial charge in [-0.05, 0) is 41.8 Å². The van der Waals surface area contributed by atoms with Gasteiger partial charge in [0.05, 0.1) is 13.0 Å².